The number of likely N-dealkylation sites (tertiary alicyclic amines) is 1. The fraction of sp³-hybridized carbons (Fsp3) is 0.583. The third-order valence-corrected chi connectivity index (χ3v) is 7.43. The number of hydrogen-bond donors (Lipinski definition) is 3. The molecule has 4 rings (SSSR count). The monoisotopic (exact) mass is 581 g/mol. The van der Waals surface area contributed by atoms with Crippen LogP contribution in [0.5, 0.6) is 5.88 Å². The van der Waals surface area contributed by atoms with Crippen LogP contribution in [0.15, 0.2) is 18.3 Å². The van der Waals surface area contributed by atoms with E-state index in [9.17, 15) is 45.4 Å². The predicted octanol–water partition coefficient (Wildman–Crippen LogP) is 3.75. The molecule has 0 radical (unpaired) electrons. The number of nitrogens with zero attached hydrogens (tertiary/aromatic N) is 3. The lowest BCUT2D eigenvalue weighted by Gasteiger charge is -2.40. The molecule has 0 unspecified atom stereocenters. The smallest absolute Gasteiger partial charge is 0.417 e. The molecule has 2 aromatic rings. The van der Waals surface area contributed by atoms with Gasteiger partial charge in [-0.25, -0.2) is 9.37 Å². The number of carbonyl (C=O) groups excluding carboxylic acids is 2. The molecule has 3 N–H and O–H groups in total. The Morgan fingerprint density at radius 1 is 1.15 bits per heavy atom. The molecule has 0 aromatic carbocycles. The van der Waals surface area contributed by atoms with Gasteiger partial charge in [-0.05, 0) is 44.6 Å². The third kappa shape index (κ3) is 6.00. The SMILES string of the molecule is COc1cc(-c2cc(C(=O)N3CC[C@H](C(=O)NC4CCC(O)(C(F)(F)F)CC4)C[C@@H]3C(F)(F)F)n[nH]2)c(F)cn1. The molecule has 0 spiro atoms. The van der Waals surface area contributed by atoms with E-state index < -0.39 is 85.1 Å². The number of amides is 2. The average Bonchev–Trinajstić information content (AvgIpc) is 3.38. The Bertz CT molecular complexity index is 1240. The second kappa shape index (κ2) is 10.9. The summed E-state index contributed by atoms with van der Waals surface area (Å²) in [4.78, 5) is 30.0. The zero-order valence-electron chi connectivity index (χ0n) is 21.1. The minimum absolute atomic E-state index is 0.00396. The highest BCUT2D eigenvalue weighted by molar-refractivity contribution is 5.94. The van der Waals surface area contributed by atoms with Crippen LogP contribution in [-0.4, -0.2) is 80.7 Å². The summed E-state index contributed by atoms with van der Waals surface area (Å²) >= 11 is 0. The van der Waals surface area contributed by atoms with Crippen molar-refractivity contribution in [3.63, 3.8) is 0 Å². The maximum absolute atomic E-state index is 14.2. The summed E-state index contributed by atoms with van der Waals surface area (Å²) in [6, 6.07) is -0.745. The van der Waals surface area contributed by atoms with E-state index in [1.807, 2.05) is 0 Å². The first-order valence-electron chi connectivity index (χ1n) is 12.4. The van der Waals surface area contributed by atoms with Crippen LogP contribution in [0.25, 0.3) is 11.3 Å². The van der Waals surface area contributed by atoms with Crippen LogP contribution in [0.1, 0.15) is 49.0 Å². The number of piperidine rings is 1. The van der Waals surface area contributed by atoms with Crippen molar-refractivity contribution >= 4 is 11.8 Å². The van der Waals surface area contributed by atoms with Gasteiger partial charge in [0, 0.05) is 30.1 Å². The van der Waals surface area contributed by atoms with E-state index in [4.69, 9.17) is 4.74 Å². The lowest BCUT2D eigenvalue weighted by atomic mass is 9.81. The molecule has 1 aliphatic heterocycles. The van der Waals surface area contributed by atoms with Crippen molar-refractivity contribution in [2.75, 3.05) is 13.7 Å². The minimum atomic E-state index is -4.90. The van der Waals surface area contributed by atoms with Crippen molar-refractivity contribution in [3.05, 3.63) is 29.8 Å². The molecule has 9 nitrogen and oxygen atoms in total. The zero-order valence-corrected chi connectivity index (χ0v) is 21.1. The number of aromatic nitrogens is 3. The lowest BCUT2D eigenvalue weighted by Crippen LogP contribution is -2.56. The van der Waals surface area contributed by atoms with E-state index >= 15 is 0 Å². The van der Waals surface area contributed by atoms with Gasteiger partial charge < -0.3 is 20.1 Å². The van der Waals surface area contributed by atoms with Crippen molar-refractivity contribution in [1.82, 2.24) is 25.4 Å². The van der Waals surface area contributed by atoms with Crippen molar-refractivity contribution in [2.24, 2.45) is 5.92 Å². The van der Waals surface area contributed by atoms with E-state index in [1.165, 1.54) is 13.2 Å². The number of halogens is 7. The van der Waals surface area contributed by atoms with Gasteiger partial charge in [-0.2, -0.15) is 31.4 Å². The summed E-state index contributed by atoms with van der Waals surface area (Å²) in [5, 5.41) is 18.5. The molecule has 2 aromatic heterocycles. The maximum Gasteiger partial charge on any atom is 0.417 e. The van der Waals surface area contributed by atoms with Crippen molar-refractivity contribution < 1.29 is 50.2 Å². The number of nitrogens with one attached hydrogen (secondary N) is 2. The summed E-state index contributed by atoms with van der Waals surface area (Å²) in [6.45, 7) is -0.445. The van der Waals surface area contributed by atoms with Crippen LogP contribution in [-0.2, 0) is 4.79 Å². The molecular weight excluding hydrogens is 555 g/mol. The van der Waals surface area contributed by atoms with Crippen LogP contribution in [0, 0.1) is 11.7 Å². The van der Waals surface area contributed by atoms with Crippen molar-refractivity contribution in [3.8, 4) is 17.1 Å². The molecule has 40 heavy (non-hydrogen) atoms. The number of ether oxygens (including phenoxy) is 1. The Morgan fingerprint density at radius 3 is 2.42 bits per heavy atom. The number of methoxy groups -OCH3 is 1. The van der Waals surface area contributed by atoms with E-state index in [-0.39, 0.29) is 36.4 Å². The van der Waals surface area contributed by atoms with Crippen LogP contribution in [0.3, 0.4) is 0 Å². The number of H-pyrrole nitrogens is 1. The molecule has 2 atom stereocenters. The Morgan fingerprint density at radius 2 is 1.82 bits per heavy atom. The van der Waals surface area contributed by atoms with Gasteiger partial charge in [-0.15, -0.1) is 0 Å². The van der Waals surface area contributed by atoms with Gasteiger partial charge in [-0.1, -0.05) is 0 Å². The Balaban J connectivity index is 1.43. The summed E-state index contributed by atoms with van der Waals surface area (Å²) in [5.74, 6) is -3.71. The first-order chi connectivity index (χ1) is 18.6. The Hall–Kier alpha value is -3.43. The van der Waals surface area contributed by atoms with Gasteiger partial charge in [0.05, 0.1) is 19.0 Å². The van der Waals surface area contributed by atoms with Crippen molar-refractivity contribution in [2.45, 2.75) is 68.6 Å². The van der Waals surface area contributed by atoms with Gasteiger partial charge in [0.2, 0.25) is 11.8 Å². The topological polar surface area (TPSA) is 120 Å². The minimum Gasteiger partial charge on any atom is -0.481 e. The van der Waals surface area contributed by atoms with E-state index in [1.54, 1.807) is 0 Å². The number of pyridine rings is 1. The normalized spacial score (nSPS) is 25.9. The number of carbonyl (C=O) groups is 2. The van der Waals surface area contributed by atoms with Gasteiger partial charge in [0.1, 0.15) is 6.04 Å². The largest absolute Gasteiger partial charge is 0.481 e. The third-order valence-electron chi connectivity index (χ3n) is 7.43. The Kier molecular flexibility index (Phi) is 8.02. The molecule has 1 aliphatic carbocycles. The highest BCUT2D eigenvalue weighted by atomic mass is 19.4. The van der Waals surface area contributed by atoms with Crippen LogP contribution in [0.2, 0.25) is 0 Å². The number of hydrogen-bond acceptors (Lipinski definition) is 6. The summed E-state index contributed by atoms with van der Waals surface area (Å²) in [7, 11) is 1.30. The van der Waals surface area contributed by atoms with E-state index in [0.717, 1.165) is 12.3 Å². The van der Waals surface area contributed by atoms with Gasteiger partial charge >= 0.3 is 12.4 Å². The molecule has 2 aliphatic rings. The zero-order chi connectivity index (χ0) is 29.5. The lowest BCUT2D eigenvalue weighted by molar-refractivity contribution is -0.270. The molecule has 220 valence electrons. The fourth-order valence-corrected chi connectivity index (χ4v) is 5.05. The second-order valence-electron chi connectivity index (χ2n) is 9.96. The van der Waals surface area contributed by atoms with Gasteiger partial charge in [0.15, 0.2) is 17.1 Å². The molecule has 2 fully saturated rings. The van der Waals surface area contributed by atoms with E-state index in [2.05, 4.69) is 20.5 Å². The van der Waals surface area contributed by atoms with E-state index in [0.29, 0.717) is 4.90 Å². The summed E-state index contributed by atoms with van der Waals surface area (Å²) in [6.07, 6.45) is -11.4. The first-order valence-corrected chi connectivity index (χ1v) is 12.4. The average molecular weight is 581 g/mol. The molecule has 1 saturated carbocycles. The molecular formula is C24H26F7N5O4. The summed E-state index contributed by atoms with van der Waals surface area (Å²) in [5.41, 5.74) is -3.33. The van der Waals surface area contributed by atoms with Crippen LogP contribution >= 0.6 is 0 Å². The molecule has 2 amide bonds. The Labute approximate surface area is 223 Å². The van der Waals surface area contributed by atoms with Gasteiger partial charge in [-0.3, -0.25) is 14.7 Å². The van der Waals surface area contributed by atoms with Gasteiger partial charge in [0.25, 0.3) is 5.91 Å². The maximum atomic E-state index is 14.2. The number of alkyl halides is 6. The summed E-state index contributed by atoms with van der Waals surface area (Å²) < 4.78 is 100. The predicted molar refractivity (Wildman–Crippen MR) is 123 cm³/mol. The fourth-order valence-electron chi connectivity index (χ4n) is 5.05. The molecule has 1 saturated heterocycles. The van der Waals surface area contributed by atoms with Crippen LogP contribution in [0.4, 0.5) is 30.7 Å². The van der Waals surface area contributed by atoms with Crippen molar-refractivity contribution in [1.29, 1.82) is 0 Å². The number of rotatable bonds is 5. The first kappa shape index (κ1) is 29.6. The quantitative estimate of drug-likeness (QED) is 0.463. The molecule has 16 heteroatoms. The standard InChI is InChI=1S/C24H26F7N5O4/c1-40-19-9-14(15(25)11-32-19)16-10-17(35-34-16)21(38)36-7-4-12(8-18(36)23(26,27)28)20(37)33-13-2-5-22(39,6-3-13)24(29,30)31/h9-13,18,39H,2-8H2,1H3,(H,33,37)(H,34,35)/t12-,13?,18+,22?/m0/s1. The molecule has 0 bridgehead atoms. The van der Waals surface area contributed by atoms with Crippen LogP contribution < -0.4 is 10.1 Å². The number of aliphatic hydroxyl groups is 1. The highest BCUT2D eigenvalue weighted by Gasteiger charge is 2.55. The molecule has 3 heterocycles. The highest BCUT2D eigenvalue weighted by Crippen LogP contribution is 2.42. The second-order valence-corrected chi connectivity index (χ2v) is 9.96. The number of aromatic amines is 1.